The minimum Gasteiger partial charge on any atom is -0.462 e. The summed E-state index contributed by atoms with van der Waals surface area (Å²) >= 11 is 0. The van der Waals surface area contributed by atoms with E-state index in [1.54, 1.807) is 25.3 Å². The van der Waals surface area contributed by atoms with Crippen LogP contribution in [0.3, 0.4) is 0 Å². The Morgan fingerprint density at radius 2 is 2.00 bits per heavy atom. The van der Waals surface area contributed by atoms with Crippen molar-refractivity contribution in [3.05, 3.63) is 29.3 Å². The Morgan fingerprint density at radius 3 is 2.68 bits per heavy atom. The highest BCUT2D eigenvalue weighted by molar-refractivity contribution is 5.91. The molecule has 0 spiro atoms. The SMILES string of the molecule is COCCOCCCOC(=O)c1ccc(N)cc1C. The summed E-state index contributed by atoms with van der Waals surface area (Å²) in [5.74, 6) is -0.325. The molecule has 0 aromatic heterocycles. The molecule has 0 aliphatic rings. The number of methoxy groups -OCH3 is 1. The van der Waals surface area contributed by atoms with Crippen LogP contribution in [-0.2, 0) is 14.2 Å². The number of hydrogen-bond donors (Lipinski definition) is 1. The van der Waals surface area contributed by atoms with Crippen LogP contribution in [0.2, 0.25) is 0 Å². The number of carbonyl (C=O) groups excluding carboxylic acids is 1. The molecule has 0 unspecified atom stereocenters. The van der Waals surface area contributed by atoms with Crippen molar-refractivity contribution < 1.29 is 19.0 Å². The minimum absolute atomic E-state index is 0.325. The van der Waals surface area contributed by atoms with Gasteiger partial charge in [-0.05, 0) is 30.7 Å². The van der Waals surface area contributed by atoms with E-state index in [9.17, 15) is 4.79 Å². The molecule has 0 heterocycles. The smallest absolute Gasteiger partial charge is 0.338 e. The van der Waals surface area contributed by atoms with E-state index in [2.05, 4.69) is 0 Å². The minimum atomic E-state index is -0.325. The number of ether oxygens (including phenoxy) is 3. The van der Waals surface area contributed by atoms with E-state index in [0.29, 0.717) is 44.1 Å². The molecule has 5 heteroatoms. The number of anilines is 1. The third-order valence-corrected chi connectivity index (χ3v) is 2.57. The lowest BCUT2D eigenvalue weighted by molar-refractivity contribution is 0.0385. The molecule has 5 nitrogen and oxygen atoms in total. The highest BCUT2D eigenvalue weighted by atomic mass is 16.5. The van der Waals surface area contributed by atoms with Crippen LogP contribution in [0.5, 0.6) is 0 Å². The van der Waals surface area contributed by atoms with E-state index in [0.717, 1.165) is 5.56 Å². The Morgan fingerprint density at radius 1 is 1.21 bits per heavy atom. The third-order valence-electron chi connectivity index (χ3n) is 2.57. The zero-order valence-electron chi connectivity index (χ0n) is 11.5. The van der Waals surface area contributed by atoms with Crippen molar-refractivity contribution in [3.8, 4) is 0 Å². The Bertz CT molecular complexity index is 406. The summed E-state index contributed by atoms with van der Waals surface area (Å²) < 4.78 is 15.3. The highest BCUT2D eigenvalue weighted by Gasteiger charge is 2.10. The van der Waals surface area contributed by atoms with Gasteiger partial charge in [-0.1, -0.05) is 0 Å². The largest absolute Gasteiger partial charge is 0.462 e. The van der Waals surface area contributed by atoms with Gasteiger partial charge in [-0.2, -0.15) is 0 Å². The second kappa shape index (κ2) is 8.50. The fourth-order valence-electron chi connectivity index (χ4n) is 1.56. The van der Waals surface area contributed by atoms with Gasteiger partial charge in [-0.25, -0.2) is 4.79 Å². The Kier molecular flexibility index (Phi) is 6.92. The van der Waals surface area contributed by atoms with E-state index in [1.807, 2.05) is 6.92 Å². The first-order chi connectivity index (χ1) is 9.15. The number of aryl methyl sites for hydroxylation is 1. The predicted octanol–water partition coefficient (Wildman–Crippen LogP) is 1.79. The second-order valence-corrected chi connectivity index (χ2v) is 4.17. The van der Waals surface area contributed by atoms with Crippen LogP contribution in [0.4, 0.5) is 5.69 Å². The normalized spacial score (nSPS) is 10.4. The molecule has 0 bridgehead atoms. The zero-order chi connectivity index (χ0) is 14.1. The van der Waals surface area contributed by atoms with Crippen molar-refractivity contribution in [2.24, 2.45) is 0 Å². The number of hydrogen-bond acceptors (Lipinski definition) is 5. The van der Waals surface area contributed by atoms with Crippen LogP contribution in [-0.4, -0.2) is 39.5 Å². The molecular formula is C14H21NO4. The average Bonchev–Trinajstić information content (AvgIpc) is 2.37. The third kappa shape index (κ3) is 5.72. The van der Waals surface area contributed by atoms with Crippen molar-refractivity contribution in [2.45, 2.75) is 13.3 Å². The maximum atomic E-state index is 11.8. The Hall–Kier alpha value is -1.59. The summed E-state index contributed by atoms with van der Waals surface area (Å²) in [6.45, 7) is 3.86. The van der Waals surface area contributed by atoms with Crippen LogP contribution in [0.1, 0.15) is 22.3 Å². The molecule has 1 aromatic rings. The number of esters is 1. The van der Waals surface area contributed by atoms with Gasteiger partial charge in [-0.3, -0.25) is 0 Å². The molecule has 0 amide bonds. The monoisotopic (exact) mass is 267 g/mol. The van der Waals surface area contributed by atoms with Crippen LogP contribution in [0.25, 0.3) is 0 Å². The summed E-state index contributed by atoms with van der Waals surface area (Å²) in [6, 6.07) is 5.13. The standard InChI is InChI=1S/C14H21NO4/c1-11-10-12(15)4-5-13(11)14(16)19-7-3-6-18-9-8-17-2/h4-5,10H,3,6-9,15H2,1-2H3. The van der Waals surface area contributed by atoms with Crippen LogP contribution in [0, 0.1) is 6.92 Å². The molecule has 1 aromatic carbocycles. The van der Waals surface area contributed by atoms with Crippen molar-refractivity contribution in [1.29, 1.82) is 0 Å². The maximum absolute atomic E-state index is 11.8. The average molecular weight is 267 g/mol. The summed E-state index contributed by atoms with van der Waals surface area (Å²) in [7, 11) is 1.63. The molecule has 2 N–H and O–H groups in total. The van der Waals surface area contributed by atoms with E-state index < -0.39 is 0 Å². The summed E-state index contributed by atoms with van der Waals surface area (Å²) in [6.07, 6.45) is 0.670. The lowest BCUT2D eigenvalue weighted by atomic mass is 10.1. The van der Waals surface area contributed by atoms with Gasteiger partial charge in [0.15, 0.2) is 0 Å². The first kappa shape index (κ1) is 15.5. The number of benzene rings is 1. The number of nitrogen functional groups attached to an aromatic ring is 1. The lowest BCUT2D eigenvalue weighted by Crippen LogP contribution is -2.11. The molecule has 0 saturated heterocycles. The van der Waals surface area contributed by atoms with E-state index in [-0.39, 0.29) is 5.97 Å². The van der Waals surface area contributed by atoms with Gasteiger partial charge >= 0.3 is 5.97 Å². The quantitative estimate of drug-likeness (QED) is 0.441. The molecule has 19 heavy (non-hydrogen) atoms. The molecule has 0 fully saturated rings. The number of nitrogens with two attached hydrogens (primary N) is 1. The van der Waals surface area contributed by atoms with Crippen LogP contribution < -0.4 is 5.73 Å². The van der Waals surface area contributed by atoms with Crippen LogP contribution in [0.15, 0.2) is 18.2 Å². The fraction of sp³-hybridized carbons (Fsp3) is 0.500. The Labute approximate surface area is 113 Å². The molecule has 0 atom stereocenters. The van der Waals surface area contributed by atoms with Crippen molar-refractivity contribution in [1.82, 2.24) is 0 Å². The topological polar surface area (TPSA) is 70.8 Å². The predicted molar refractivity (Wildman–Crippen MR) is 73.2 cm³/mol. The molecular weight excluding hydrogens is 246 g/mol. The second-order valence-electron chi connectivity index (χ2n) is 4.17. The molecule has 0 aliphatic carbocycles. The van der Waals surface area contributed by atoms with Gasteiger partial charge in [0, 0.05) is 25.8 Å². The first-order valence-electron chi connectivity index (χ1n) is 6.25. The van der Waals surface area contributed by atoms with Gasteiger partial charge < -0.3 is 19.9 Å². The summed E-state index contributed by atoms with van der Waals surface area (Å²) in [5.41, 5.74) is 7.64. The molecule has 1 rings (SSSR count). The summed E-state index contributed by atoms with van der Waals surface area (Å²) in [4.78, 5) is 11.8. The highest BCUT2D eigenvalue weighted by Crippen LogP contribution is 2.13. The zero-order valence-corrected chi connectivity index (χ0v) is 11.5. The lowest BCUT2D eigenvalue weighted by Gasteiger charge is -2.08. The Balaban J connectivity index is 2.24. The van der Waals surface area contributed by atoms with E-state index >= 15 is 0 Å². The van der Waals surface area contributed by atoms with Gasteiger partial charge in [0.25, 0.3) is 0 Å². The van der Waals surface area contributed by atoms with Gasteiger partial charge in [-0.15, -0.1) is 0 Å². The maximum Gasteiger partial charge on any atom is 0.338 e. The van der Waals surface area contributed by atoms with Crippen molar-refractivity contribution >= 4 is 11.7 Å². The van der Waals surface area contributed by atoms with Crippen molar-refractivity contribution in [2.75, 3.05) is 39.3 Å². The summed E-state index contributed by atoms with van der Waals surface area (Å²) in [5, 5.41) is 0. The van der Waals surface area contributed by atoms with Gasteiger partial charge in [0.1, 0.15) is 0 Å². The van der Waals surface area contributed by atoms with Gasteiger partial charge in [0.05, 0.1) is 25.4 Å². The number of carbonyl (C=O) groups is 1. The van der Waals surface area contributed by atoms with Gasteiger partial charge in [0.2, 0.25) is 0 Å². The number of rotatable bonds is 8. The van der Waals surface area contributed by atoms with Crippen molar-refractivity contribution in [3.63, 3.8) is 0 Å². The van der Waals surface area contributed by atoms with E-state index in [1.165, 1.54) is 0 Å². The fourth-order valence-corrected chi connectivity index (χ4v) is 1.56. The van der Waals surface area contributed by atoms with E-state index in [4.69, 9.17) is 19.9 Å². The first-order valence-corrected chi connectivity index (χ1v) is 6.25. The molecule has 0 radical (unpaired) electrons. The molecule has 0 saturated carbocycles. The van der Waals surface area contributed by atoms with Crippen LogP contribution >= 0.6 is 0 Å². The molecule has 106 valence electrons. The molecule has 0 aliphatic heterocycles.